The third-order valence-electron chi connectivity index (χ3n) is 2.72. The lowest BCUT2D eigenvalue weighted by Crippen LogP contribution is -2.21. The monoisotopic (exact) mass is 302 g/mol. The van der Waals surface area contributed by atoms with Gasteiger partial charge in [-0.2, -0.15) is 0 Å². The molecule has 19 heavy (non-hydrogen) atoms. The maximum atomic E-state index is 11.1. The van der Waals surface area contributed by atoms with E-state index in [1.54, 1.807) is 11.8 Å². The van der Waals surface area contributed by atoms with Crippen LogP contribution in [0.4, 0.5) is 0 Å². The molecule has 108 valence electrons. The molecular formula is C13H22N2O2S2. The van der Waals surface area contributed by atoms with E-state index in [-0.39, 0.29) is 0 Å². The largest absolute Gasteiger partial charge is 0.330 e. The molecule has 0 fully saturated rings. The summed E-state index contributed by atoms with van der Waals surface area (Å²) in [7, 11) is -3.15. The molecule has 0 saturated carbocycles. The molecule has 1 aromatic rings. The minimum Gasteiger partial charge on any atom is -0.330 e. The Kier molecular flexibility index (Phi) is 6.85. The van der Waals surface area contributed by atoms with Crippen molar-refractivity contribution < 1.29 is 8.42 Å². The molecule has 0 aromatic heterocycles. The van der Waals surface area contributed by atoms with Crippen LogP contribution in [0.3, 0.4) is 0 Å². The fourth-order valence-corrected chi connectivity index (χ4v) is 2.75. The van der Waals surface area contributed by atoms with E-state index in [0.717, 1.165) is 29.7 Å². The Hall–Kier alpha value is -0.560. The first-order valence-corrected chi connectivity index (χ1v) is 9.38. The topological polar surface area (TPSA) is 72.2 Å². The molecular weight excluding hydrogens is 280 g/mol. The van der Waals surface area contributed by atoms with Crippen LogP contribution >= 0.6 is 11.8 Å². The third-order valence-corrected chi connectivity index (χ3v) is 4.10. The summed E-state index contributed by atoms with van der Waals surface area (Å²) in [5.41, 5.74) is 7.73. The van der Waals surface area contributed by atoms with Crippen molar-refractivity contribution in [3.63, 3.8) is 0 Å². The normalized spacial score (nSPS) is 11.7. The Balaban J connectivity index is 2.76. The molecule has 0 aliphatic rings. The molecule has 0 unspecified atom stereocenters. The highest BCUT2D eigenvalue weighted by molar-refractivity contribution is 7.98. The number of sulfonamides is 1. The lowest BCUT2D eigenvalue weighted by molar-refractivity contribution is 0.587. The molecule has 3 N–H and O–H groups in total. The summed E-state index contributed by atoms with van der Waals surface area (Å²) in [5.74, 6) is 0. The van der Waals surface area contributed by atoms with Crippen LogP contribution in [0.25, 0.3) is 0 Å². The van der Waals surface area contributed by atoms with Crippen LogP contribution in [0.1, 0.15) is 24.0 Å². The van der Waals surface area contributed by atoms with Gasteiger partial charge in [-0.05, 0) is 55.3 Å². The Morgan fingerprint density at radius 2 is 1.89 bits per heavy atom. The quantitative estimate of drug-likeness (QED) is 0.567. The van der Waals surface area contributed by atoms with E-state index in [1.165, 1.54) is 11.8 Å². The van der Waals surface area contributed by atoms with Gasteiger partial charge in [-0.3, -0.25) is 0 Å². The molecule has 0 atom stereocenters. The van der Waals surface area contributed by atoms with Crippen molar-refractivity contribution >= 4 is 21.8 Å². The van der Waals surface area contributed by atoms with Gasteiger partial charge < -0.3 is 5.73 Å². The van der Waals surface area contributed by atoms with Crippen LogP contribution in [0, 0.1) is 0 Å². The Morgan fingerprint density at radius 1 is 1.21 bits per heavy atom. The van der Waals surface area contributed by atoms with Crippen molar-refractivity contribution in [2.24, 2.45) is 5.73 Å². The number of hydrogen-bond acceptors (Lipinski definition) is 4. The number of nitrogens with two attached hydrogens (primary N) is 1. The first-order chi connectivity index (χ1) is 8.94. The average molecular weight is 302 g/mol. The third kappa shape index (κ3) is 6.96. The summed E-state index contributed by atoms with van der Waals surface area (Å²) < 4.78 is 24.8. The van der Waals surface area contributed by atoms with Crippen molar-refractivity contribution in [2.45, 2.75) is 30.7 Å². The number of rotatable bonds is 8. The molecule has 0 aliphatic carbocycles. The van der Waals surface area contributed by atoms with E-state index < -0.39 is 10.0 Å². The number of unbranched alkanes of at least 4 members (excludes halogenated alkanes) is 1. The Morgan fingerprint density at radius 3 is 2.47 bits per heavy atom. The number of hydrogen-bond donors (Lipinski definition) is 2. The first kappa shape index (κ1) is 16.5. The second-order valence-electron chi connectivity index (χ2n) is 4.53. The van der Waals surface area contributed by atoms with Gasteiger partial charge in [-0.1, -0.05) is 6.07 Å². The van der Waals surface area contributed by atoms with Crippen LogP contribution in [0.2, 0.25) is 0 Å². The van der Waals surface area contributed by atoms with Crippen LogP contribution in [-0.4, -0.2) is 27.5 Å². The summed E-state index contributed by atoms with van der Waals surface area (Å²) in [6.07, 6.45) is 6.26. The van der Waals surface area contributed by atoms with E-state index >= 15 is 0 Å². The zero-order valence-corrected chi connectivity index (χ0v) is 13.1. The van der Waals surface area contributed by atoms with Crippen LogP contribution in [0.5, 0.6) is 0 Å². The van der Waals surface area contributed by atoms with Crippen molar-refractivity contribution in [1.82, 2.24) is 4.72 Å². The van der Waals surface area contributed by atoms with Crippen molar-refractivity contribution in [1.29, 1.82) is 0 Å². The van der Waals surface area contributed by atoms with Gasteiger partial charge in [0.05, 0.1) is 6.26 Å². The van der Waals surface area contributed by atoms with Crippen LogP contribution in [-0.2, 0) is 23.0 Å². The maximum absolute atomic E-state index is 11.1. The number of nitrogens with one attached hydrogen (secondary N) is 1. The molecule has 0 bridgehead atoms. The Bertz CT molecular complexity index is 501. The standard InChI is InChI=1S/C13H22N2O2S2/c1-18-13-8-11(5-3-4-6-14)7-12(9-13)10-15-19(2,16)17/h7-9,15H,3-6,10,14H2,1-2H3. The van der Waals surface area contributed by atoms with Crippen LogP contribution < -0.4 is 10.5 Å². The highest BCUT2D eigenvalue weighted by atomic mass is 32.2. The fraction of sp³-hybridized carbons (Fsp3) is 0.538. The van der Waals surface area contributed by atoms with E-state index in [9.17, 15) is 8.42 Å². The predicted octanol–water partition coefficient (Wildman–Crippen LogP) is 1.74. The molecule has 0 amide bonds. The first-order valence-electron chi connectivity index (χ1n) is 6.26. The van der Waals surface area contributed by atoms with Gasteiger partial charge in [0.15, 0.2) is 0 Å². The Labute approximate surface area is 120 Å². The SMILES string of the molecule is CSc1cc(CCCCN)cc(CNS(C)(=O)=O)c1. The fourth-order valence-electron chi connectivity index (χ4n) is 1.78. The van der Waals surface area contributed by atoms with Gasteiger partial charge in [-0.15, -0.1) is 11.8 Å². The molecule has 0 saturated heterocycles. The van der Waals surface area contributed by atoms with Gasteiger partial charge in [-0.25, -0.2) is 13.1 Å². The number of thioether (sulfide) groups is 1. The summed E-state index contributed by atoms with van der Waals surface area (Å²) >= 11 is 1.67. The van der Waals surface area contributed by atoms with Crippen molar-refractivity contribution in [2.75, 3.05) is 19.1 Å². The molecule has 0 radical (unpaired) electrons. The molecule has 4 nitrogen and oxygen atoms in total. The van der Waals surface area contributed by atoms with Gasteiger partial charge in [0.1, 0.15) is 0 Å². The van der Waals surface area contributed by atoms with Gasteiger partial charge >= 0.3 is 0 Å². The predicted molar refractivity (Wildman–Crippen MR) is 81.9 cm³/mol. The highest BCUT2D eigenvalue weighted by Crippen LogP contribution is 2.20. The molecule has 0 spiro atoms. The van der Waals surface area contributed by atoms with E-state index in [2.05, 4.69) is 16.9 Å². The molecule has 0 heterocycles. The van der Waals surface area contributed by atoms with Crippen molar-refractivity contribution in [3.05, 3.63) is 29.3 Å². The average Bonchev–Trinajstić information content (AvgIpc) is 2.36. The summed E-state index contributed by atoms with van der Waals surface area (Å²) in [6, 6.07) is 6.24. The van der Waals surface area contributed by atoms with E-state index in [4.69, 9.17) is 5.73 Å². The lowest BCUT2D eigenvalue weighted by Gasteiger charge is -2.09. The summed E-state index contributed by atoms with van der Waals surface area (Å²) in [4.78, 5) is 1.16. The van der Waals surface area contributed by atoms with E-state index in [1.807, 2.05) is 12.3 Å². The second kappa shape index (κ2) is 7.89. The van der Waals surface area contributed by atoms with Gasteiger partial charge in [0.2, 0.25) is 10.0 Å². The van der Waals surface area contributed by atoms with Crippen LogP contribution in [0.15, 0.2) is 23.1 Å². The molecule has 1 rings (SSSR count). The molecule has 6 heteroatoms. The van der Waals surface area contributed by atoms with E-state index in [0.29, 0.717) is 13.1 Å². The molecule has 0 aliphatic heterocycles. The number of benzene rings is 1. The van der Waals surface area contributed by atoms with Gasteiger partial charge in [0.25, 0.3) is 0 Å². The summed E-state index contributed by atoms with van der Waals surface area (Å²) in [6.45, 7) is 1.06. The summed E-state index contributed by atoms with van der Waals surface area (Å²) in [5, 5.41) is 0. The maximum Gasteiger partial charge on any atom is 0.209 e. The minimum atomic E-state index is -3.15. The minimum absolute atomic E-state index is 0.344. The molecule has 1 aromatic carbocycles. The highest BCUT2D eigenvalue weighted by Gasteiger charge is 2.04. The zero-order valence-electron chi connectivity index (χ0n) is 11.5. The lowest BCUT2D eigenvalue weighted by atomic mass is 10.1. The second-order valence-corrected chi connectivity index (χ2v) is 7.24. The van der Waals surface area contributed by atoms with Gasteiger partial charge in [0, 0.05) is 11.4 Å². The van der Waals surface area contributed by atoms with Crippen molar-refractivity contribution in [3.8, 4) is 0 Å². The zero-order chi connectivity index (χ0) is 14.3. The smallest absolute Gasteiger partial charge is 0.209 e. The number of aryl methyl sites for hydroxylation is 1.